The molecule has 2 N–H and O–H groups in total. The lowest BCUT2D eigenvalue weighted by Gasteiger charge is -2.33. The van der Waals surface area contributed by atoms with Crippen molar-refractivity contribution in [3.05, 3.63) is 59.9 Å². The number of aromatic nitrogens is 1. The van der Waals surface area contributed by atoms with Gasteiger partial charge in [-0.1, -0.05) is 32.0 Å². The van der Waals surface area contributed by atoms with Crippen molar-refractivity contribution < 1.29 is 14.0 Å². The van der Waals surface area contributed by atoms with Crippen LogP contribution in [0.2, 0.25) is 0 Å². The molecule has 1 atom stereocenters. The molecule has 32 heavy (non-hydrogen) atoms. The zero-order valence-electron chi connectivity index (χ0n) is 18.7. The van der Waals surface area contributed by atoms with E-state index < -0.39 is 0 Å². The van der Waals surface area contributed by atoms with Gasteiger partial charge < -0.3 is 15.2 Å². The van der Waals surface area contributed by atoms with Gasteiger partial charge in [0.05, 0.1) is 0 Å². The van der Waals surface area contributed by atoms with Crippen LogP contribution >= 0.6 is 0 Å². The van der Waals surface area contributed by atoms with E-state index in [0.29, 0.717) is 19.4 Å². The molecule has 3 aromatic rings. The number of nitrogens with one attached hydrogen (secondary N) is 2. The van der Waals surface area contributed by atoms with Gasteiger partial charge in [0.15, 0.2) is 0 Å². The number of carbonyl (C=O) groups is 2. The lowest BCUT2D eigenvalue weighted by molar-refractivity contribution is -0.134. The highest BCUT2D eigenvalue weighted by atomic mass is 19.1. The van der Waals surface area contributed by atoms with Crippen LogP contribution in [-0.4, -0.2) is 40.8 Å². The highest BCUT2D eigenvalue weighted by molar-refractivity contribution is 5.91. The summed E-state index contributed by atoms with van der Waals surface area (Å²) in [5, 5.41) is 4.15. The second-order valence-electron chi connectivity index (χ2n) is 8.87. The molecule has 0 aliphatic carbocycles. The molecule has 0 radical (unpaired) electrons. The van der Waals surface area contributed by atoms with Crippen molar-refractivity contribution >= 4 is 22.7 Å². The predicted octanol–water partition coefficient (Wildman–Crippen LogP) is 4.67. The van der Waals surface area contributed by atoms with Crippen molar-refractivity contribution in [2.45, 2.75) is 45.6 Å². The van der Waals surface area contributed by atoms with E-state index in [4.69, 9.17) is 0 Å². The second kappa shape index (κ2) is 9.55. The van der Waals surface area contributed by atoms with Crippen LogP contribution in [0.5, 0.6) is 0 Å². The SMILES string of the molecule is CC(C)C(=O)NC1CCCN(C(=O)CCc2c(-c3ccc(F)cc3)[nH]c3ccccc23)C1. The molecule has 1 unspecified atom stereocenters. The van der Waals surface area contributed by atoms with E-state index in [-0.39, 0.29) is 29.6 Å². The van der Waals surface area contributed by atoms with Gasteiger partial charge in [-0.2, -0.15) is 0 Å². The van der Waals surface area contributed by atoms with Crippen LogP contribution in [-0.2, 0) is 16.0 Å². The lowest BCUT2D eigenvalue weighted by atomic mass is 9.99. The number of piperidine rings is 1. The summed E-state index contributed by atoms with van der Waals surface area (Å²) < 4.78 is 13.4. The molecule has 2 amide bonds. The number of aryl methyl sites for hydroxylation is 1. The van der Waals surface area contributed by atoms with Gasteiger partial charge in [-0.3, -0.25) is 9.59 Å². The summed E-state index contributed by atoms with van der Waals surface area (Å²) in [4.78, 5) is 30.4. The Hall–Kier alpha value is -3.15. The third-order valence-electron chi connectivity index (χ3n) is 6.18. The molecule has 168 valence electrons. The Bertz CT molecular complexity index is 1100. The van der Waals surface area contributed by atoms with Gasteiger partial charge >= 0.3 is 0 Å². The summed E-state index contributed by atoms with van der Waals surface area (Å²) in [5.41, 5.74) is 3.91. The summed E-state index contributed by atoms with van der Waals surface area (Å²) in [6, 6.07) is 14.5. The van der Waals surface area contributed by atoms with Crippen LogP contribution in [0, 0.1) is 11.7 Å². The molecule has 1 saturated heterocycles. The fraction of sp³-hybridized carbons (Fsp3) is 0.385. The molecular formula is C26H30FN3O2. The number of amides is 2. The number of para-hydroxylation sites is 1. The Balaban J connectivity index is 1.49. The molecule has 0 spiro atoms. The number of H-pyrrole nitrogens is 1. The van der Waals surface area contributed by atoms with E-state index in [1.54, 1.807) is 12.1 Å². The molecule has 1 fully saturated rings. The number of nitrogens with zero attached hydrogens (tertiary/aromatic N) is 1. The molecule has 5 nitrogen and oxygen atoms in total. The minimum absolute atomic E-state index is 0.0189. The van der Waals surface area contributed by atoms with Crippen molar-refractivity contribution in [1.82, 2.24) is 15.2 Å². The highest BCUT2D eigenvalue weighted by Gasteiger charge is 2.25. The van der Waals surface area contributed by atoms with Gasteiger partial charge in [-0.05, 0) is 60.7 Å². The average molecular weight is 436 g/mol. The number of hydrogen-bond donors (Lipinski definition) is 2. The molecule has 1 aliphatic rings. The molecule has 1 aliphatic heterocycles. The summed E-state index contributed by atoms with van der Waals surface area (Å²) >= 11 is 0. The number of fused-ring (bicyclic) bond motifs is 1. The Morgan fingerprint density at radius 3 is 2.66 bits per heavy atom. The smallest absolute Gasteiger partial charge is 0.222 e. The lowest BCUT2D eigenvalue weighted by Crippen LogP contribution is -2.50. The minimum Gasteiger partial charge on any atom is -0.354 e. The third-order valence-corrected chi connectivity index (χ3v) is 6.18. The summed E-state index contributed by atoms with van der Waals surface area (Å²) in [6.45, 7) is 5.05. The Labute approximate surface area is 188 Å². The number of carbonyl (C=O) groups excluding carboxylic acids is 2. The highest BCUT2D eigenvalue weighted by Crippen LogP contribution is 2.31. The van der Waals surface area contributed by atoms with Gasteiger partial charge in [0.2, 0.25) is 11.8 Å². The molecule has 2 heterocycles. The summed E-state index contributed by atoms with van der Waals surface area (Å²) in [6.07, 6.45) is 2.78. The molecule has 0 bridgehead atoms. The summed E-state index contributed by atoms with van der Waals surface area (Å²) in [5.74, 6) is -0.200. The first-order valence-electron chi connectivity index (χ1n) is 11.4. The van der Waals surface area contributed by atoms with Crippen molar-refractivity contribution in [1.29, 1.82) is 0 Å². The molecule has 6 heteroatoms. The molecular weight excluding hydrogens is 405 g/mol. The van der Waals surface area contributed by atoms with Crippen LogP contribution in [0.3, 0.4) is 0 Å². The predicted molar refractivity (Wildman–Crippen MR) is 125 cm³/mol. The number of halogens is 1. The molecule has 0 saturated carbocycles. The van der Waals surface area contributed by atoms with Gasteiger partial charge in [0, 0.05) is 48.1 Å². The number of benzene rings is 2. The van der Waals surface area contributed by atoms with Crippen LogP contribution in [0.25, 0.3) is 22.2 Å². The zero-order valence-corrected chi connectivity index (χ0v) is 18.7. The van der Waals surface area contributed by atoms with Crippen molar-refractivity contribution in [3.8, 4) is 11.3 Å². The van der Waals surface area contributed by atoms with E-state index in [9.17, 15) is 14.0 Å². The maximum absolute atomic E-state index is 13.4. The maximum Gasteiger partial charge on any atom is 0.222 e. The van der Waals surface area contributed by atoms with Crippen molar-refractivity contribution in [2.75, 3.05) is 13.1 Å². The average Bonchev–Trinajstić information content (AvgIpc) is 3.16. The molecule has 2 aromatic carbocycles. The van der Waals surface area contributed by atoms with E-state index in [1.807, 2.05) is 36.9 Å². The van der Waals surface area contributed by atoms with Gasteiger partial charge in [0.1, 0.15) is 5.82 Å². The van der Waals surface area contributed by atoms with E-state index in [2.05, 4.69) is 16.4 Å². The monoisotopic (exact) mass is 435 g/mol. The van der Waals surface area contributed by atoms with Crippen LogP contribution in [0.1, 0.15) is 38.7 Å². The van der Waals surface area contributed by atoms with Gasteiger partial charge in [-0.15, -0.1) is 0 Å². The number of likely N-dealkylation sites (tertiary alicyclic amines) is 1. The zero-order chi connectivity index (χ0) is 22.7. The third kappa shape index (κ3) is 4.85. The van der Waals surface area contributed by atoms with E-state index in [0.717, 1.165) is 47.1 Å². The first-order chi connectivity index (χ1) is 15.4. The fourth-order valence-corrected chi connectivity index (χ4v) is 4.40. The Kier molecular flexibility index (Phi) is 6.58. The topological polar surface area (TPSA) is 65.2 Å². The van der Waals surface area contributed by atoms with E-state index >= 15 is 0 Å². The Morgan fingerprint density at radius 1 is 1.16 bits per heavy atom. The normalized spacial score (nSPS) is 16.5. The van der Waals surface area contributed by atoms with E-state index in [1.165, 1.54) is 12.1 Å². The fourth-order valence-electron chi connectivity index (χ4n) is 4.40. The van der Waals surface area contributed by atoms with Crippen LogP contribution < -0.4 is 5.32 Å². The number of rotatable bonds is 6. The largest absolute Gasteiger partial charge is 0.354 e. The maximum atomic E-state index is 13.4. The standard InChI is InChI=1S/C26H30FN3O2/c1-17(2)26(32)28-20-6-5-15-30(16-20)24(31)14-13-22-21-7-3-4-8-23(21)29-25(22)18-9-11-19(27)12-10-18/h3-4,7-12,17,20,29H,5-6,13-16H2,1-2H3,(H,28,32). The number of aromatic amines is 1. The molecule has 1 aromatic heterocycles. The summed E-state index contributed by atoms with van der Waals surface area (Å²) in [7, 11) is 0. The minimum atomic E-state index is -0.272. The Morgan fingerprint density at radius 2 is 1.91 bits per heavy atom. The van der Waals surface area contributed by atoms with Crippen molar-refractivity contribution in [3.63, 3.8) is 0 Å². The quantitative estimate of drug-likeness (QED) is 0.591. The first kappa shape index (κ1) is 22.1. The number of hydrogen-bond acceptors (Lipinski definition) is 2. The second-order valence-corrected chi connectivity index (χ2v) is 8.87. The van der Waals surface area contributed by atoms with Crippen LogP contribution in [0.15, 0.2) is 48.5 Å². The van der Waals surface area contributed by atoms with Gasteiger partial charge in [-0.25, -0.2) is 4.39 Å². The van der Waals surface area contributed by atoms with Crippen molar-refractivity contribution in [2.24, 2.45) is 5.92 Å². The van der Waals surface area contributed by atoms with Gasteiger partial charge in [0.25, 0.3) is 0 Å². The molecule has 4 rings (SSSR count). The first-order valence-corrected chi connectivity index (χ1v) is 11.4. The van der Waals surface area contributed by atoms with Crippen LogP contribution in [0.4, 0.5) is 4.39 Å².